The van der Waals surface area contributed by atoms with Crippen molar-refractivity contribution in [3.63, 3.8) is 0 Å². The summed E-state index contributed by atoms with van der Waals surface area (Å²) in [5, 5.41) is 8.03. The number of hydrogen-bond donors (Lipinski definition) is 0. The van der Waals surface area contributed by atoms with Gasteiger partial charge in [0, 0.05) is 26.1 Å². The molecule has 0 amide bonds. The van der Waals surface area contributed by atoms with Crippen LogP contribution in [-0.2, 0) is 22.8 Å². The molecule has 7 heteroatoms. The molecule has 1 aliphatic heterocycles. The van der Waals surface area contributed by atoms with Gasteiger partial charge in [0.2, 0.25) is 10.0 Å². The minimum atomic E-state index is -3.30. The van der Waals surface area contributed by atoms with Crippen molar-refractivity contribution in [2.45, 2.75) is 24.5 Å². The zero-order chi connectivity index (χ0) is 15.6. The lowest BCUT2D eigenvalue weighted by molar-refractivity contribution is 0.305. The van der Waals surface area contributed by atoms with E-state index in [9.17, 15) is 8.42 Å². The van der Waals surface area contributed by atoms with Crippen molar-refractivity contribution < 1.29 is 8.42 Å². The van der Waals surface area contributed by atoms with Crippen molar-refractivity contribution >= 4 is 10.0 Å². The summed E-state index contributed by atoms with van der Waals surface area (Å²) in [5.74, 6) is 1.03. The van der Waals surface area contributed by atoms with Gasteiger partial charge in [0.1, 0.15) is 12.2 Å². The van der Waals surface area contributed by atoms with E-state index in [2.05, 4.69) is 10.2 Å². The second-order valence-corrected chi connectivity index (χ2v) is 7.71. The van der Waals surface area contributed by atoms with Gasteiger partial charge in [-0.15, -0.1) is 10.2 Å². The number of piperidine rings is 1. The van der Waals surface area contributed by atoms with Crippen molar-refractivity contribution in [1.82, 2.24) is 19.1 Å². The Kier molecular flexibility index (Phi) is 4.26. The lowest BCUT2D eigenvalue weighted by Crippen LogP contribution is -2.40. The smallest absolute Gasteiger partial charge is 0.218 e. The van der Waals surface area contributed by atoms with Gasteiger partial charge in [0.05, 0.1) is 5.75 Å². The van der Waals surface area contributed by atoms with Gasteiger partial charge in [-0.1, -0.05) is 30.3 Å². The van der Waals surface area contributed by atoms with Crippen LogP contribution in [0.5, 0.6) is 0 Å². The number of rotatable bonds is 4. The van der Waals surface area contributed by atoms with Gasteiger partial charge in [0.15, 0.2) is 0 Å². The summed E-state index contributed by atoms with van der Waals surface area (Å²) < 4.78 is 28.7. The monoisotopic (exact) mass is 320 g/mol. The fourth-order valence-electron chi connectivity index (χ4n) is 2.94. The van der Waals surface area contributed by atoms with Gasteiger partial charge in [-0.05, 0) is 18.4 Å². The molecule has 118 valence electrons. The first-order valence-corrected chi connectivity index (χ1v) is 9.03. The van der Waals surface area contributed by atoms with E-state index in [0.29, 0.717) is 13.1 Å². The largest absolute Gasteiger partial charge is 0.320 e. The lowest BCUT2D eigenvalue weighted by Gasteiger charge is -2.31. The summed E-state index contributed by atoms with van der Waals surface area (Å²) in [6.07, 6.45) is 3.46. The van der Waals surface area contributed by atoms with Gasteiger partial charge < -0.3 is 4.57 Å². The second-order valence-electron chi connectivity index (χ2n) is 5.74. The molecule has 1 aromatic heterocycles. The van der Waals surface area contributed by atoms with Crippen LogP contribution in [0.15, 0.2) is 36.7 Å². The van der Waals surface area contributed by atoms with Crippen LogP contribution in [-0.4, -0.2) is 40.6 Å². The predicted octanol–water partition coefficient (Wildman–Crippen LogP) is 1.52. The summed E-state index contributed by atoms with van der Waals surface area (Å²) in [7, 11) is -1.40. The van der Waals surface area contributed by atoms with Crippen molar-refractivity contribution in [1.29, 1.82) is 0 Å². The SMILES string of the molecule is Cn1cnnc1[C@H]1CCCN(S(=O)(=O)Cc2ccccc2)C1. The molecule has 6 nitrogen and oxygen atoms in total. The van der Waals surface area contributed by atoms with Crippen LogP contribution in [0.4, 0.5) is 0 Å². The molecule has 2 aromatic rings. The van der Waals surface area contributed by atoms with Crippen LogP contribution >= 0.6 is 0 Å². The Morgan fingerprint density at radius 3 is 2.73 bits per heavy atom. The molecule has 22 heavy (non-hydrogen) atoms. The quantitative estimate of drug-likeness (QED) is 0.856. The molecule has 3 rings (SSSR count). The Balaban J connectivity index is 1.75. The first-order valence-electron chi connectivity index (χ1n) is 7.42. The second kappa shape index (κ2) is 6.18. The van der Waals surface area contributed by atoms with Gasteiger partial charge in [0.25, 0.3) is 0 Å². The zero-order valence-electron chi connectivity index (χ0n) is 12.6. The van der Waals surface area contributed by atoms with E-state index in [0.717, 1.165) is 24.2 Å². The Morgan fingerprint density at radius 1 is 1.27 bits per heavy atom. The fourth-order valence-corrected chi connectivity index (χ4v) is 4.55. The number of benzene rings is 1. The van der Waals surface area contributed by atoms with Gasteiger partial charge >= 0.3 is 0 Å². The molecule has 0 unspecified atom stereocenters. The van der Waals surface area contributed by atoms with E-state index >= 15 is 0 Å². The van der Waals surface area contributed by atoms with E-state index in [-0.39, 0.29) is 11.7 Å². The maximum absolute atomic E-state index is 12.6. The summed E-state index contributed by atoms with van der Waals surface area (Å²) in [4.78, 5) is 0. The first-order chi connectivity index (χ1) is 10.6. The molecule has 0 N–H and O–H groups in total. The third kappa shape index (κ3) is 3.20. The van der Waals surface area contributed by atoms with E-state index in [1.807, 2.05) is 41.9 Å². The molecule has 1 saturated heterocycles. The van der Waals surface area contributed by atoms with E-state index in [4.69, 9.17) is 0 Å². The van der Waals surface area contributed by atoms with Crippen LogP contribution < -0.4 is 0 Å². The van der Waals surface area contributed by atoms with Gasteiger partial charge in [-0.2, -0.15) is 0 Å². The molecule has 1 aliphatic rings. The van der Waals surface area contributed by atoms with Crippen molar-refractivity contribution in [3.8, 4) is 0 Å². The minimum absolute atomic E-state index is 0.0549. The number of aromatic nitrogens is 3. The molecule has 0 radical (unpaired) electrons. The number of nitrogens with zero attached hydrogens (tertiary/aromatic N) is 4. The van der Waals surface area contributed by atoms with E-state index in [1.54, 1.807) is 10.6 Å². The highest BCUT2D eigenvalue weighted by Crippen LogP contribution is 2.27. The van der Waals surface area contributed by atoms with Crippen LogP contribution in [0.25, 0.3) is 0 Å². The summed E-state index contributed by atoms with van der Waals surface area (Å²) in [6, 6.07) is 9.32. The summed E-state index contributed by atoms with van der Waals surface area (Å²) in [6.45, 7) is 1.07. The highest BCUT2D eigenvalue weighted by Gasteiger charge is 2.31. The molecule has 0 saturated carbocycles. The van der Waals surface area contributed by atoms with Gasteiger partial charge in [-0.25, -0.2) is 12.7 Å². The Hall–Kier alpha value is -1.73. The summed E-state index contributed by atoms with van der Waals surface area (Å²) >= 11 is 0. The predicted molar refractivity (Wildman–Crippen MR) is 83.6 cm³/mol. The molecule has 1 fully saturated rings. The molecule has 1 atom stereocenters. The highest BCUT2D eigenvalue weighted by molar-refractivity contribution is 7.88. The third-order valence-electron chi connectivity index (χ3n) is 4.08. The average Bonchev–Trinajstić information content (AvgIpc) is 2.94. The van der Waals surface area contributed by atoms with Crippen molar-refractivity contribution in [3.05, 3.63) is 48.0 Å². The van der Waals surface area contributed by atoms with Crippen LogP contribution in [0, 0.1) is 0 Å². The standard InChI is InChI=1S/C15H20N4O2S/c1-18-12-16-17-15(18)14-8-5-9-19(10-14)22(20,21)11-13-6-3-2-4-7-13/h2-4,6-7,12,14H,5,8-11H2,1H3/t14-/m0/s1. The maximum atomic E-state index is 12.6. The molecular formula is C15H20N4O2S. The molecular weight excluding hydrogens is 300 g/mol. The topological polar surface area (TPSA) is 68.1 Å². The number of aryl methyl sites for hydroxylation is 1. The highest BCUT2D eigenvalue weighted by atomic mass is 32.2. The van der Waals surface area contributed by atoms with Crippen LogP contribution in [0.2, 0.25) is 0 Å². The molecule has 1 aromatic carbocycles. The van der Waals surface area contributed by atoms with Crippen LogP contribution in [0.3, 0.4) is 0 Å². The third-order valence-corrected chi connectivity index (χ3v) is 5.90. The Morgan fingerprint density at radius 2 is 2.05 bits per heavy atom. The van der Waals surface area contributed by atoms with Gasteiger partial charge in [-0.3, -0.25) is 0 Å². The average molecular weight is 320 g/mol. The molecule has 2 heterocycles. The molecule has 0 spiro atoms. The molecule has 0 aliphatic carbocycles. The summed E-state index contributed by atoms with van der Waals surface area (Å²) in [5.41, 5.74) is 0.822. The maximum Gasteiger partial charge on any atom is 0.218 e. The first kappa shape index (κ1) is 15.2. The fraction of sp³-hybridized carbons (Fsp3) is 0.467. The molecule has 0 bridgehead atoms. The van der Waals surface area contributed by atoms with E-state index < -0.39 is 10.0 Å². The zero-order valence-corrected chi connectivity index (χ0v) is 13.4. The van der Waals surface area contributed by atoms with Crippen molar-refractivity contribution in [2.75, 3.05) is 13.1 Å². The van der Waals surface area contributed by atoms with Crippen LogP contribution in [0.1, 0.15) is 30.1 Å². The van der Waals surface area contributed by atoms with E-state index in [1.165, 1.54) is 0 Å². The number of sulfonamides is 1. The Bertz CT molecular complexity index is 727. The normalized spacial score (nSPS) is 20.1. The van der Waals surface area contributed by atoms with Crippen molar-refractivity contribution in [2.24, 2.45) is 7.05 Å². The lowest BCUT2D eigenvalue weighted by atomic mass is 9.99. The Labute approximate surface area is 130 Å². The number of hydrogen-bond acceptors (Lipinski definition) is 4. The minimum Gasteiger partial charge on any atom is -0.320 e.